The van der Waals surface area contributed by atoms with Gasteiger partial charge in [0.05, 0.1) is 24.7 Å². The summed E-state index contributed by atoms with van der Waals surface area (Å²) in [6.45, 7) is 1.37. The maximum Gasteiger partial charge on any atom is 0.328 e. The first kappa shape index (κ1) is 22.6. The number of hydrogen-bond donors (Lipinski definition) is 0. The zero-order valence-corrected chi connectivity index (χ0v) is 18.4. The highest BCUT2D eigenvalue weighted by Crippen LogP contribution is 2.29. The first-order valence-electron chi connectivity index (χ1n) is 10.5. The minimum atomic E-state index is -3.72. The molecular formula is C21H30N2O6S. The molecule has 2 aliphatic heterocycles. The van der Waals surface area contributed by atoms with E-state index in [1.54, 1.807) is 0 Å². The molecule has 166 valence electrons. The summed E-state index contributed by atoms with van der Waals surface area (Å²) in [5.41, 5.74) is 0.143. The Kier molecular flexibility index (Phi) is 7.36. The average molecular weight is 439 g/mol. The van der Waals surface area contributed by atoms with Crippen LogP contribution >= 0.6 is 0 Å². The number of piperidine rings is 1. The van der Waals surface area contributed by atoms with E-state index in [2.05, 4.69) is 0 Å². The molecule has 0 saturated carbocycles. The van der Waals surface area contributed by atoms with Crippen molar-refractivity contribution < 1.29 is 27.5 Å². The normalized spacial score (nSPS) is 21.0. The predicted molar refractivity (Wildman–Crippen MR) is 111 cm³/mol. The third-order valence-corrected chi connectivity index (χ3v) is 7.74. The fraction of sp³-hybridized carbons (Fsp3) is 0.619. The first-order valence-corrected chi connectivity index (χ1v) is 11.9. The Morgan fingerprint density at radius 2 is 1.63 bits per heavy atom. The molecule has 9 heteroatoms. The van der Waals surface area contributed by atoms with Crippen molar-refractivity contribution in [3.05, 3.63) is 23.8 Å². The SMILES string of the molecule is COC(=O)[C@H]1CCCCN1C(=O)c1cc(S(=O)(=O)N2CCCCCC2)ccc1OC. The number of likely N-dealkylation sites (tertiary alicyclic amines) is 1. The van der Waals surface area contributed by atoms with Crippen molar-refractivity contribution in [1.82, 2.24) is 9.21 Å². The number of rotatable bonds is 5. The number of carbonyl (C=O) groups excluding carboxylic acids is 2. The van der Waals surface area contributed by atoms with Crippen molar-refractivity contribution in [2.75, 3.05) is 33.9 Å². The summed E-state index contributed by atoms with van der Waals surface area (Å²) < 4.78 is 38.1. The molecule has 30 heavy (non-hydrogen) atoms. The van der Waals surface area contributed by atoms with Crippen LogP contribution in [0.3, 0.4) is 0 Å². The van der Waals surface area contributed by atoms with Gasteiger partial charge in [0.1, 0.15) is 11.8 Å². The summed E-state index contributed by atoms with van der Waals surface area (Å²) in [6, 6.07) is 3.69. The lowest BCUT2D eigenvalue weighted by molar-refractivity contribution is -0.147. The number of methoxy groups -OCH3 is 2. The van der Waals surface area contributed by atoms with Gasteiger partial charge in [0, 0.05) is 19.6 Å². The van der Waals surface area contributed by atoms with E-state index in [0.717, 1.165) is 38.5 Å². The molecule has 2 heterocycles. The second-order valence-electron chi connectivity index (χ2n) is 7.71. The molecule has 0 bridgehead atoms. The third kappa shape index (κ3) is 4.62. The van der Waals surface area contributed by atoms with Gasteiger partial charge in [-0.2, -0.15) is 4.31 Å². The van der Waals surface area contributed by atoms with E-state index in [-0.39, 0.29) is 16.2 Å². The summed E-state index contributed by atoms with van der Waals surface area (Å²) in [5.74, 6) is -0.603. The molecule has 3 rings (SSSR count). The zero-order chi connectivity index (χ0) is 21.7. The third-order valence-electron chi connectivity index (χ3n) is 5.84. The van der Waals surface area contributed by atoms with Crippen LogP contribution in [0.25, 0.3) is 0 Å². The zero-order valence-electron chi connectivity index (χ0n) is 17.6. The molecule has 0 N–H and O–H groups in total. The molecule has 1 amide bonds. The molecule has 0 radical (unpaired) electrons. The lowest BCUT2D eigenvalue weighted by Crippen LogP contribution is -2.48. The molecule has 2 aliphatic rings. The number of esters is 1. The van der Waals surface area contributed by atoms with Crippen molar-refractivity contribution in [2.24, 2.45) is 0 Å². The van der Waals surface area contributed by atoms with E-state index in [9.17, 15) is 18.0 Å². The van der Waals surface area contributed by atoms with Crippen molar-refractivity contribution >= 4 is 21.9 Å². The topological polar surface area (TPSA) is 93.2 Å². The highest BCUT2D eigenvalue weighted by molar-refractivity contribution is 7.89. The van der Waals surface area contributed by atoms with Crippen molar-refractivity contribution in [3.63, 3.8) is 0 Å². The summed E-state index contributed by atoms with van der Waals surface area (Å²) in [7, 11) is -0.982. The largest absolute Gasteiger partial charge is 0.496 e. The van der Waals surface area contributed by atoms with Gasteiger partial charge in [0.15, 0.2) is 0 Å². The van der Waals surface area contributed by atoms with E-state index >= 15 is 0 Å². The molecule has 1 aromatic rings. The number of benzene rings is 1. The van der Waals surface area contributed by atoms with Crippen molar-refractivity contribution in [1.29, 1.82) is 0 Å². The summed E-state index contributed by atoms with van der Waals surface area (Å²) in [6.07, 6.45) is 5.81. The number of sulfonamides is 1. The van der Waals surface area contributed by atoms with E-state index in [1.807, 2.05) is 0 Å². The van der Waals surface area contributed by atoms with Crippen molar-refractivity contribution in [3.8, 4) is 5.75 Å². The Bertz CT molecular complexity index is 877. The minimum Gasteiger partial charge on any atom is -0.496 e. The van der Waals surface area contributed by atoms with Crippen molar-refractivity contribution in [2.45, 2.75) is 55.9 Å². The van der Waals surface area contributed by atoms with Gasteiger partial charge in [0.2, 0.25) is 10.0 Å². The predicted octanol–water partition coefficient (Wildman–Crippen LogP) is 2.43. The smallest absolute Gasteiger partial charge is 0.328 e. The highest BCUT2D eigenvalue weighted by Gasteiger charge is 2.35. The average Bonchev–Trinajstić information content (AvgIpc) is 3.08. The van der Waals surface area contributed by atoms with Gasteiger partial charge in [-0.1, -0.05) is 12.8 Å². The van der Waals surface area contributed by atoms with Crippen LogP contribution in [-0.2, 0) is 19.6 Å². The van der Waals surface area contributed by atoms with Crippen LogP contribution < -0.4 is 4.74 Å². The number of ether oxygens (including phenoxy) is 2. The first-order chi connectivity index (χ1) is 14.4. The number of hydrogen-bond acceptors (Lipinski definition) is 6. The lowest BCUT2D eigenvalue weighted by atomic mass is 10.0. The van der Waals surface area contributed by atoms with Gasteiger partial charge in [-0.3, -0.25) is 4.79 Å². The Morgan fingerprint density at radius 3 is 2.27 bits per heavy atom. The van der Waals surface area contributed by atoms with Gasteiger partial charge in [-0.15, -0.1) is 0 Å². The number of amides is 1. The van der Waals surface area contributed by atoms with Crippen LogP contribution in [0.15, 0.2) is 23.1 Å². The molecule has 8 nitrogen and oxygen atoms in total. The Morgan fingerprint density at radius 1 is 0.967 bits per heavy atom. The second kappa shape index (κ2) is 9.78. The highest BCUT2D eigenvalue weighted by atomic mass is 32.2. The van der Waals surface area contributed by atoms with Crippen LogP contribution in [-0.4, -0.2) is 69.4 Å². The van der Waals surface area contributed by atoms with E-state index in [0.29, 0.717) is 26.1 Å². The molecular weight excluding hydrogens is 408 g/mol. The van der Waals surface area contributed by atoms with E-state index in [1.165, 1.54) is 41.6 Å². The fourth-order valence-corrected chi connectivity index (χ4v) is 5.70. The van der Waals surface area contributed by atoms with E-state index in [4.69, 9.17) is 9.47 Å². The van der Waals surface area contributed by atoms with Crippen LogP contribution in [0.1, 0.15) is 55.3 Å². The van der Waals surface area contributed by atoms with Gasteiger partial charge in [0.25, 0.3) is 5.91 Å². The van der Waals surface area contributed by atoms with Gasteiger partial charge >= 0.3 is 5.97 Å². The van der Waals surface area contributed by atoms with Crippen LogP contribution in [0, 0.1) is 0 Å². The van der Waals surface area contributed by atoms with Gasteiger partial charge in [-0.25, -0.2) is 13.2 Å². The van der Waals surface area contributed by atoms with Crippen LogP contribution in [0.2, 0.25) is 0 Å². The molecule has 0 unspecified atom stereocenters. The molecule has 1 aromatic carbocycles. The molecule has 2 fully saturated rings. The van der Waals surface area contributed by atoms with Crippen LogP contribution in [0.4, 0.5) is 0 Å². The van der Waals surface area contributed by atoms with Gasteiger partial charge < -0.3 is 14.4 Å². The Labute approximate surface area is 178 Å². The van der Waals surface area contributed by atoms with Gasteiger partial charge in [-0.05, 0) is 50.3 Å². The van der Waals surface area contributed by atoms with Crippen LogP contribution in [0.5, 0.6) is 5.75 Å². The maximum atomic E-state index is 13.4. The quantitative estimate of drug-likeness (QED) is 0.656. The monoisotopic (exact) mass is 438 g/mol. The molecule has 0 spiro atoms. The molecule has 0 aromatic heterocycles. The maximum absolute atomic E-state index is 13.4. The molecule has 2 saturated heterocycles. The summed E-state index contributed by atoms with van der Waals surface area (Å²) >= 11 is 0. The fourth-order valence-electron chi connectivity index (χ4n) is 4.16. The summed E-state index contributed by atoms with van der Waals surface area (Å²) in [4.78, 5) is 27.1. The Hall–Kier alpha value is -2.13. The standard InChI is InChI=1S/C21H30N2O6S/c1-28-19-11-10-16(30(26,27)22-12-6-3-4-7-13-22)15-17(19)20(24)23-14-8-5-9-18(23)21(25)29-2/h10-11,15,18H,3-9,12-14H2,1-2H3/t18-/m1/s1. The molecule has 0 aliphatic carbocycles. The lowest BCUT2D eigenvalue weighted by Gasteiger charge is -2.34. The summed E-state index contributed by atoms with van der Waals surface area (Å²) in [5, 5.41) is 0. The number of nitrogens with zero attached hydrogens (tertiary/aromatic N) is 2. The molecule has 1 atom stereocenters. The Balaban J connectivity index is 1.96. The minimum absolute atomic E-state index is 0.0696. The second-order valence-corrected chi connectivity index (χ2v) is 9.65. The number of carbonyl (C=O) groups is 2. The van der Waals surface area contributed by atoms with E-state index < -0.39 is 27.9 Å².